The van der Waals surface area contributed by atoms with Gasteiger partial charge in [0.05, 0.1) is 22.8 Å². The monoisotopic (exact) mass is 645 g/mol. The Morgan fingerprint density at radius 1 is 0.804 bits per heavy atom. The Balaban J connectivity index is 1.66. The highest BCUT2D eigenvalue weighted by molar-refractivity contribution is 7.91. The molecule has 8 nitrogen and oxygen atoms in total. The van der Waals surface area contributed by atoms with E-state index >= 15 is 0 Å². The summed E-state index contributed by atoms with van der Waals surface area (Å²) in [5.74, 6) is -2.32. The standard InChI is InChI=1S/C36H46BN2O6S/c1-25-8-16-30(17-9-25)37-22-29(24-46(43,44)31-18-10-26(2)11-19-31)33(41)27-12-14-28(15-13-27)34(42)38-23-32(40)39-36(6,7)20-21-45-35(3,4)5/h8-19,29H,20-24H2,1-7H3,(H,38,42)(H,39,40). The van der Waals surface area contributed by atoms with Crippen LogP contribution in [0.1, 0.15) is 72.9 Å². The van der Waals surface area contributed by atoms with Crippen LogP contribution in [0, 0.1) is 19.8 Å². The minimum absolute atomic E-state index is 0.170. The highest BCUT2D eigenvalue weighted by Gasteiger charge is 2.28. The van der Waals surface area contributed by atoms with Gasteiger partial charge in [-0.15, -0.1) is 0 Å². The summed E-state index contributed by atoms with van der Waals surface area (Å²) in [5.41, 5.74) is 2.72. The zero-order valence-electron chi connectivity index (χ0n) is 28.0. The Bertz CT molecular complexity index is 1590. The van der Waals surface area contributed by atoms with Gasteiger partial charge in [-0.25, -0.2) is 8.42 Å². The zero-order valence-corrected chi connectivity index (χ0v) is 28.8. The van der Waals surface area contributed by atoms with Crippen molar-refractivity contribution >= 4 is 40.2 Å². The molecule has 1 atom stereocenters. The normalized spacial score (nSPS) is 12.7. The molecule has 2 N–H and O–H groups in total. The van der Waals surface area contributed by atoms with Crippen molar-refractivity contribution in [2.45, 2.75) is 77.2 Å². The Morgan fingerprint density at radius 3 is 1.91 bits per heavy atom. The molecule has 46 heavy (non-hydrogen) atoms. The number of amides is 2. The van der Waals surface area contributed by atoms with E-state index in [0.717, 1.165) is 16.6 Å². The maximum Gasteiger partial charge on any atom is 0.251 e. The molecule has 0 saturated heterocycles. The second kappa shape index (κ2) is 15.7. The molecule has 0 aliphatic rings. The van der Waals surface area contributed by atoms with Gasteiger partial charge in [-0.1, -0.05) is 71.4 Å². The number of ketones is 1. The lowest BCUT2D eigenvalue weighted by atomic mass is 9.63. The number of Topliss-reactive ketones (excluding diaryl/α,β-unsaturated/α-hetero) is 1. The summed E-state index contributed by atoms with van der Waals surface area (Å²) in [5, 5.41) is 5.53. The topological polar surface area (TPSA) is 119 Å². The molecule has 0 spiro atoms. The predicted octanol–water partition coefficient (Wildman–Crippen LogP) is 4.85. The predicted molar refractivity (Wildman–Crippen MR) is 184 cm³/mol. The molecule has 3 rings (SSSR count). The molecule has 3 aromatic carbocycles. The third-order valence-electron chi connectivity index (χ3n) is 7.47. The fourth-order valence-electron chi connectivity index (χ4n) is 4.72. The van der Waals surface area contributed by atoms with Gasteiger partial charge in [-0.05, 0) is 79.2 Å². The van der Waals surface area contributed by atoms with Crippen LogP contribution in [0.5, 0.6) is 0 Å². The van der Waals surface area contributed by atoms with Gasteiger partial charge in [0.15, 0.2) is 22.9 Å². The van der Waals surface area contributed by atoms with Crippen molar-refractivity contribution < 1.29 is 27.5 Å². The third-order valence-corrected chi connectivity index (χ3v) is 9.30. The Morgan fingerprint density at radius 2 is 1.35 bits per heavy atom. The summed E-state index contributed by atoms with van der Waals surface area (Å²) >= 11 is 0. The molecule has 0 bridgehead atoms. The molecule has 1 radical (unpaired) electrons. The molecule has 0 fully saturated rings. The lowest BCUT2D eigenvalue weighted by Gasteiger charge is -2.28. The number of hydrogen-bond acceptors (Lipinski definition) is 6. The van der Waals surface area contributed by atoms with E-state index in [0.29, 0.717) is 18.6 Å². The van der Waals surface area contributed by atoms with Crippen molar-refractivity contribution in [1.82, 2.24) is 10.6 Å². The van der Waals surface area contributed by atoms with Gasteiger partial charge >= 0.3 is 0 Å². The van der Waals surface area contributed by atoms with Crippen LogP contribution in [0.4, 0.5) is 0 Å². The largest absolute Gasteiger partial charge is 0.376 e. The van der Waals surface area contributed by atoms with Gasteiger partial charge in [-0.3, -0.25) is 14.4 Å². The maximum absolute atomic E-state index is 13.7. The van der Waals surface area contributed by atoms with Crippen LogP contribution in [-0.2, 0) is 19.4 Å². The fourth-order valence-corrected chi connectivity index (χ4v) is 6.28. The molecule has 2 amide bonds. The van der Waals surface area contributed by atoms with Gasteiger partial charge in [0.1, 0.15) is 0 Å². The van der Waals surface area contributed by atoms with Crippen LogP contribution in [0.2, 0.25) is 6.32 Å². The zero-order chi connectivity index (χ0) is 34.1. The Hall–Kier alpha value is -3.76. The van der Waals surface area contributed by atoms with E-state index in [1.165, 1.54) is 24.3 Å². The summed E-state index contributed by atoms with van der Waals surface area (Å²) in [4.78, 5) is 39.2. The molecule has 245 valence electrons. The van der Waals surface area contributed by atoms with Gasteiger partial charge in [0, 0.05) is 29.2 Å². The fraction of sp³-hybridized carbons (Fsp3) is 0.417. The number of rotatable bonds is 15. The van der Waals surface area contributed by atoms with Crippen LogP contribution < -0.4 is 16.1 Å². The highest BCUT2D eigenvalue weighted by Crippen LogP contribution is 2.21. The Labute approximate surface area is 274 Å². The molecular formula is C36H46BN2O6S. The van der Waals surface area contributed by atoms with Gasteiger partial charge in [0.25, 0.3) is 5.91 Å². The van der Waals surface area contributed by atoms with Crippen molar-refractivity contribution in [3.8, 4) is 0 Å². The van der Waals surface area contributed by atoms with Gasteiger partial charge in [-0.2, -0.15) is 0 Å². The number of ether oxygens (including phenoxy) is 1. The summed E-state index contributed by atoms with van der Waals surface area (Å²) in [6.45, 7) is 13.8. The summed E-state index contributed by atoms with van der Waals surface area (Å²) in [6, 6.07) is 20.4. The molecule has 0 aromatic heterocycles. The quantitative estimate of drug-likeness (QED) is 0.180. The molecule has 0 aliphatic heterocycles. The first-order chi connectivity index (χ1) is 21.4. The van der Waals surface area contributed by atoms with E-state index in [4.69, 9.17) is 4.74 Å². The van der Waals surface area contributed by atoms with Gasteiger partial charge in [0.2, 0.25) is 5.91 Å². The number of carbonyl (C=O) groups excluding carboxylic acids is 3. The molecular weight excluding hydrogens is 599 g/mol. The number of hydrogen-bond donors (Lipinski definition) is 2. The second-order valence-corrected chi connectivity index (χ2v) is 15.4. The van der Waals surface area contributed by atoms with Crippen LogP contribution >= 0.6 is 0 Å². The number of benzene rings is 3. The molecule has 0 heterocycles. The smallest absolute Gasteiger partial charge is 0.251 e. The van der Waals surface area contributed by atoms with E-state index in [1.54, 1.807) is 24.3 Å². The first-order valence-corrected chi connectivity index (χ1v) is 17.2. The molecule has 0 saturated carbocycles. The Kier molecular flexibility index (Phi) is 12.5. The number of carbonyl (C=O) groups is 3. The minimum Gasteiger partial charge on any atom is -0.376 e. The number of aryl methyl sites for hydroxylation is 2. The van der Waals surface area contributed by atoms with E-state index in [9.17, 15) is 22.8 Å². The molecule has 3 aromatic rings. The van der Waals surface area contributed by atoms with Crippen molar-refractivity contribution in [3.63, 3.8) is 0 Å². The van der Waals surface area contributed by atoms with Gasteiger partial charge < -0.3 is 15.4 Å². The lowest BCUT2D eigenvalue weighted by Crippen LogP contribution is -2.48. The summed E-state index contributed by atoms with van der Waals surface area (Å²) < 4.78 is 32.4. The SMILES string of the molecule is Cc1ccc([B]CC(CS(=O)(=O)c2ccc(C)cc2)C(=O)c2ccc(C(=O)NCC(=O)NC(C)(C)CCOC(C)(C)C)cc2)cc1. The number of sulfone groups is 1. The van der Waals surface area contributed by atoms with E-state index in [2.05, 4.69) is 10.6 Å². The maximum atomic E-state index is 13.7. The van der Waals surface area contributed by atoms with E-state index < -0.39 is 27.2 Å². The third kappa shape index (κ3) is 11.9. The van der Waals surface area contributed by atoms with Crippen LogP contribution in [0.25, 0.3) is 0 Å². The molecule has 1 unspecified atom stereocenters. The van der Waals surface area contributed by atoms with Crippen molar-refractivity contribution in [1.29, 1.82) is 0 Å². The van der Waals surface area contributed by atoms with Crippen LogP contribution in [0.15, 0.2) is 77.7 Å². The average molecular weight is 646 g/mol. The van der Waals surface area contributed by atoms with Crippen molar-refractivity contribution in [2.75, 3.05) is 18.9 Å². The van der Waals surface area contributed by atoms with Crippen molar-refractivity contribution in [2.24, 2.45) is 5.92 Å². The van der Waals surface area contributed by atoms with Crippen molar-refractivity contribution in [3.05, 3.63) is 95.1 Å². The summed E-state index contributed by atoms with van der Waals surface area (Å²) in [6.07, 6.45) is 0.832. The minimum atomic E-state index is -3.75. The molecule has 0 aliphatic carbocycles. The number of nitrogens with one attached hydrogen (secondary N) is 2. The lowest BCUT2D eigenvalue weighted by molar-refractivity contribution is -0.122. The van der Waals surface area contributed by atoms with E-state index in [1.807, 2.05) is 80.0 Å². The van der Waals surface area contributed by atoms with E-state index in [-0.39, 0.29) is 46.4 Å². The van der Waals surface area contributed by atoms with Crippen LogP contribution in [0.3, 0.4) is 0 Å². The first-order valence-electron chi connectivity index (χ1n) is 15.5. The van der Waals surface area contributed by atoms with Crippen LogP contribution in [-0.4, -0.2) is 63.3 Å². The summed E-state index contributed by atoms with van der Waals surface area (Å²) in [7, 11) is -1.88. The second-order valence-electron chi connectivity index (χ2n) is 13.4. The average Bonchev–Trinajstić information content (AvgIpc) is 2.97. The first kappa shape index (κ1) is 36.7. The highest BCUT2D eigenvalue weighted by atomic mass is 32.2. The molecule has 10 heteroatoms.